The first-order valence-electron chi connectivity index (χ1n) is 9.23. The van der Waals surface area contributed by atoms with Crippen molar-refractivity contribution in [2.45, 2.75) is 83.2 Å². The third-order valence-corrected chi connectivity index (χ3v) is 6.09. The Morgan fingerprint density at radius 1 is 1.38 bits per heavy atom. The third-order valence-electron chi connectivity index (χ3n) is 6.09. The van der Waals surface area contributed by atoms with Crippen LogP contribution in [0.3, 0.4) is 0 Å². The molecule has 134 valence electrons. The Labute approximate surface area is 144 Å². The fourth-order valence-corrected chi connectivity index (χ4v) is 4.36. The van der Waals surface area contributed by atoms with Gasteiger partial charge in [0.1, 0.15) is 6.10 Å². The molecule has 3 aliphatic rings. The lowest BCUT2D eigenvalue weighted by Gasteiger charge is -2.45. The highest BCUT2D eigenvalue weighted by Crippen LogP contribution is 2.44. The molecule has 2 bridgehead atoms. The van der Waals surface area contributed by atoms with Gasteiger partial charge >= 0.3 is 5.97 Å². The van der Waals surface area contributed by atoms with Gasteiger partial charge in [-0.05, 0) is 58.3 Å². The van der Waals surface area contributed by atoms with E-state index in [4.69, 9.17) is 9.47 Å². The van der Waals surface area contributed by atoms with E-state index in [-0.39, 0.29) is 36.1 Å². The van der Waals surface area contributed by atoms with Crippen LogP contribution in [0, 0.1) is 11.8 Å². The van der Waals surface area contributed by atoms with Crippen LogP contribution in [0.25, 0.3) is 0 Å². The Bertz CT molecular complexity index is 548. The molecule has 0 radical (unpaired) electrons. The Balaban J connectivity index is 1.90. The summed E-state index contributed by atoms with van der Waals surface area (Å²) in [6, 6.07) is 0. The lowest BCUT2D eigenvalue weighted by molar-refractivity contribution is -0.208. The third kappa shape index (κ3) is 3.31. The molecule has 6 unspecified atom stereocenters. The van der Waals surface area contributed by atoms with Gasteiger partial charge in [-0.3, -0.25) is 0 Å². The number of carbonyl (C=O) groups excluding carboxylic acids is 1. The Hall–Kier alpha value is -1.13. The molecule has 4 nitrogen and oxygen atoms in total. The molecule has 3 heterocycles. The van der Waals surface area contributed by atoms with E-state index < -0.39 is 5.60 Å². The van der Waals surface area contributed by atoms with Gasteiger partial charge in [-0.2, -0.15) is 0 Å². The van der Waals surface area contributed by atoms with Gasteiger partial charge in [0.2, 0.25) is 0 Å². The average molecular weight is 334 g/mol. The molecule has 2 fully saturated rings. The van der Waals surface area contributed by atoms with Crippen LogP contribution in [0.15, 0.2) is 23.8 Å². The Kier molecular flexibility index (Phi) is 4.89. The molecule has 24 heavy (non-hydrogen) atoms. The molecule has 3 rings (SSSR count). The topological polar surface area (TPSA) is 55.8 Å². The molecule has 0 amide bonds. The lowest BCUT2D eigenvalue weighted by atomic mass is 9.76. The predicted octanol–water partition coefficient (Wildman–Crippen LogP) is 3.54. The highest BCUT2D eigenvalue weighted by molar-refractivity contribution is 5.90. The molecule has 0 aromatic carbocycles. The molecule has 3 aliphatic heterocycles. The lowest BCUT2D eigenvalue weighted by Crippen LogP contribution is -2.54. The molecular weight excluding hydrogens is 304 g/mol. The van der Waals surface area contributed by atoms with Crippen LogP contribution >= 0.6 is 0 Å². The minimum Gasteiger partial charge on any atom is -0.456 e. The first-order chi connectivity index (χ1) is 11.3. The second-order valence-electron chi connectivity index (χ2n) is 8.14. The average Bonchev–Trinajstić information content (AvgIpc) is 2.80. The zero-order chi connectivity index (χ0) is 17.5. The van der Waals surface area contributed by atoms with Crippen LogP contribution in [0.2, 0.25) is 0 Å². The number of fused-ring (bicyclic) bond motifs is 4. The van der Waals surface area contributed by atoms with Crippen LogP contribution in [-0.4, -0.2) is 35.0 Å². The van der Waals surface area contributed by atoms with E-state index in [9.17, 15) is 9.90 Å². The van der Waals surface area contributed by atoms with E-state index in [1.807, 2.05) is 6.92 Å². The van der Waals surface area contributed by atoms with E-state index >= 15 is 0 Å². The van der Waals surface area contributed by atoms with Crippen molar-refractivity contribution in [3.8, 4) is 0 Å². The number of carbonyl (C=O) groups is 1. The van der Waals surface area contributed by atoms with Crippen molar-refractivity contribution in [2.24, 2.45) is 11.8 Å². The molecular formula is C20H30O4. The van der Waals surface area contributed by atoms with Crippen molar-refractivity contribution >= 4 is 5.97 Å². The number of hydrogen-bond acceptors (Lipinski definition) is 4. The summed E-state index contributed by atoms with van der Waals surface area (Å²) in [4.78, 5) is 12.0. The second kappa shape index (κ2) is 6.64. The van der Waals surface area contributed by atoms with Gasteiger partial charge < -0.3 is 14.6 Å². The van der Waals surface area contributed by atoms with Gasteiger partial charge in [0, 0.05) is 11.5 Å². The predicted molar refractivity (Wildman–Crippen MR) is 92.4 cm³/mol. The summed E-state index contributed by atoms with van der Waals surface area (Å²) < 4.78 is 11.9. The maximum absolute atomic E-state index is 12.0. The van der Waals surface area contributed by atoms with E-state index in [0.717, 1.165) is 25.7 Å². The Morgan fingerprint density at radius 2 is 2.12 bits per heavy atom. The number of aliphatic hydroxyl groups is 1. The molecule has 0 aromatic heterocycles. The molecule has 0 saturated carbocycles. The zero-order valence-corrected chi connectivity index (χ0v) is 15.1. The van der Waals surface area contributed by atoms with E-state index in [1.165, 1.54) is 5.57 Å². The zero-order valence-electron chi connectivity index (χ0n) is 15.1. The molecule has 0 aliphatic carbocycles. The summed E-state index contributed by atoms with van der Waals surface area (Å²) in [5.74, 6) is -0.0696. The summed E-state index contributed by atoms with van der Waals surface area (Å²) in [5.41, 5.74) is 1.04. The second-order valence-corrected chi connectivity index (χ2v) is 8.14. The number of rotatable bonds is 0. The van der Waals surface area contributed by atoms with Gasteiger partial charge in [0.15, 0.2) is 0 Å². The fourth-order valence-electron chi connectivity index (χ4n) is 4.36. The number of ether oxygens (including phenoxy) is 2. The molecule has 6 atom stereocenters. The maximum Gasteiger partial charge on any atom is 0.334 e. The van der Waals surface area contributed by atoms with Crippen molar-refractivity contribution in [3.63, 3.8) is 0 Å². The summed E-state index contributed by atoms with van der Waals surface area (Å²) in [7, 11) is 0. The maximum atomic E-state index is 12.0. The summed E-state index contributed by atoms with van der Waals surface area (Å²) in [5, 5.41) is 11.0. The van der Waals surface area contributed by atoms with Crippen molar-refractivity contribution in [1.82, 2.24) is 0 Å². The van der Waals surface area contributed by atoms with Crippen molar-refractivity contribution in [3.05, 3.63) is 23.8 Å². The molecule has 0 aromatic rings. The summed E-state index contributed by atoms with van der Waals surface area (Å²) in [6.45, 7) is 10.1. The minimum absolute atomic E-state index is 0.0320. The van der Waals surface area contributed by atoms with Gasteiger partial charge in [-0.1, -0.05) is 25.2 Å². The molecule has 1 N–H and O–H groups in total. The number of allylic oxidation sites excluding steroid dienone is 2. The summed E-state index contributed by atoms with van der Waals surface area (Å²) in [6.07, 6.45) is 6.87. The summed E-state index contributed by atoms with van der Waals surface area (Å²) >= 11 is 0. The van der Waals surface area contributed by atoms with Crippen LogP contribution in [-0.2, 0) is 14.3 Å². The van der Waals surface area contributed by atoms with E-state index in [2.05, 4.69) is 26.5 Å². The monoisotopic (exact) mass is 334 g/mol. The van der Waals surface area contributed by atoms with Gasteiger partial charge in [-0.25, -0.2) is 4.79 Å². The van der Waals surface area contributed by atoms with Gasteiger partial charge in [-0.15, -0.1) is 0 Å². The van der Waals surface area contributed by atoms with E-state index in [1.54, 1.807) is 0 Å². The smallest absolute Gasteiger partial charge is 0.334 e. The largest absolute Gasteiger partial charge is 0.456 e. The molecule has 4 heteroatoms. The Morgan fingerprint density at radius 3 is 2.88 bits per heavy atom. The van der Waals surface area contributed by atoms with Crippen LogP contribution in [0.1, 0.15) is 59.3 Å². The van der Waals surface area contributed by atoms with Crippen LogP contribution < -0.4 is 0 Å². The molecule has 0 spiro atoms. The quantitative estimate of drug-likeness (QED) is 0.418. The first-order valence-corrected chi connectivity index (χ1v) is 9.23. The van der Waals surface area contributed by atoms with Crippen molar-refractivity contribution in [2.75, 3.05) is 0 Å². The standard InChI is InChI=1S/C20H30O4/c1-12-7-5-9-13(2)17-18-15(14(3)19(21)24-18)11-16(23-17)20(4,22)10-6-8-12/h7,13,15-18,22H,3,5-6,8-11H2,1-2,4H3. The highest BCUT2D eigenvalue weighted by Gasteiger charge is 2.53. The van der Waals surface area contributed by atoms with Gasteiger partial charge in [0.25, 0.3) is 0 Å². The minimum atomic E-state index is -0.895. The number of esters is 1. The normalized spacial score (nSPS) is 44.0. The van der Waals surface area contributed by atoms with E-state index in [0.29, 0.717) is 18.4 Å². The SMILES string of the molecule is C=C1C(=O)OC2C1CC1OC2C(C)CCC=C(C)CCCC1(C)O. The first kappa shape index (κ1) is 17.7. The van der Waals surface area contributed by atoms with Crippen LogP contribution in [0.4, 0.5) is 0 Å². The fraction of sp³-hybridized carbons (Fsp3) is 0.750. The van der Waals surface area contributed by atoms with Gasteiger partial charge in [0.05, 0.1) is 17.8 Å². The van der Waals surface area contributed by atoms with Crippen molar-refractivity contribution < 1.29 is 19.4 Å². The van der Waals surface area contributed by atoms with Crippen LogP contribution in [0.5, 0.6) is 0 Å². The highest BCUT2D eigenvalue weighted by atomic mass is 16.6. The molecule has 2 saturated heterocycles. The number of hydrogen-bond donors (Lipinski definition) is 1. The van der Waals surface area contributed by atoms with Crippen molar-refractivity contribution in [1.29, 1.82) is 0 Å².